The van der Waals surface area contributed by atoms with Crippen LogP contribution in [0.3, 0.4) is 0 Å². The number of likely N-dealkylation sites (N-methyl/N-ethyl adjacent to an activating group) is 1. The Balaban J connectivity index is 1.85. The van der Waals surface area contributed by atoms with Gasteiger partial charge in [0.2, 0.25) is 5.69 Å². The fourth-order valence-corrected chi connectivity index (χ4v) is 2.73. The maximum Gasteiger partial charge on any atom is 0.253 e. The molecule has 0 bridgehead atoms. The number of nitrogen functional groups attached to an aromatic ring is 1. The molecule has 0 aliphatic heterocycles. The summed E-state index contributed by atoms with van der Waals surface area (Å²) in [7, 11) is 3.90. The second-order valence-corrected chi connectivity index (χ2v) is 6.47. The second-order valence-electron chi connectivity index (χ2n) is 6.47. The minimum Gasteiger partial charge on any atom is -0.471 e. The predicted molar refractivity (Wildman–Crippen MR) is 105 cm³/mol. The third kappa shape index (κ3) is 4.40. The van der Waals surface area contributed by atoms with Crippen LogP contribution in [0.15, 0.2) is 36.7 Å². The molecule has 0 saturated heterocycles. The lowest BCUT2D eigenvalue weighted by atomic mass is 10.1. The maximum atomic E-state index is 9.25. The van der Waals surface area contributed by atoms with E-state index >= 15 is 0 Å². The summed E-state index contributed by atoms with van der Waals surface area (Å²) in [5, 5.41) is 14.2. The molecule has 8 heteroatoms. The number of nitrogens with two attached hydrogens (primary N) is 1. The molecule has 3 N–H and O–H groups in total. The minimum absolute atomic E-state index is 0.140. The van der Waals surface area contributed by atoms with Crippen molar-refractivity contribution in [2.24, 2.45) is 0 Å². The van der Waals surface area contributed by atoms with E-state index in [0.29, 0.717) is 23.9 Å². The van der Waals surface area contributed by atoms with Gasteiger partial charge in [-0.3, -0.25) is 0 Å². The van der Waals surface area contributed by atoms with Crippen LogP contribution in [0.5, 0.6) is 5.88 Å². The van der Waals surface area contributed by atoms with Gasteiger partial charge in [-0.25, -0.2) is 9.97 Å². The number of rotatable bonds is 6. The van der Waals surface area contributed by atoms with Gasteiger partial charge >= 0.3 is 0 Å². The first kappa shape index (κ1) is 18.4. The van der Waals surface area contributed by atoms with Crippen molar-refractivity contribution in [3.05, 3.63) is 42.4 Å². The Hall–Kier alpha value is -3.44. The molecular weight excluding hydrogens is 342 g/mol. The van der Waals surface area contributed by atoms with E-state index < -0.39 is 0 Å². The molecule has 2 heterocycles. The molecule has 0 aliphatic rings. The second kappa shape index (κ2) is 7.85. The number of benzene rings is 1. The average Bonchev–Trinajstić information content (AvgIpc) is 2.61. The van der Waals surface area contributed by atoms with Crippen LogP contribution in [0.25, 0.3) is 10.8 Å². The average molecular weight is 363 g/mol. The first-order valence-electron chi connectivity index (χ1n) is 8.46. The van der Waals surface area contributed by atoms with Crippen LogP contribution in [-0.4, -0.2) is 46.6 Å². The standard InChI is InChI=1S/C19H21N7O/c1-12(11-26(2)3)27-19-16(8-20)22-10-18(25-19)24-17-7-13-5-4-6-15(21)14(13)9-23-17/h4-7,9-10,12H,11,21H2,1-3H3,(H,23,24,25). The summed E-state index contributed by atoms with van der Waals surface area (Å²) in [6.45, 7) is 2.61. The SMILES string of the molecule is CC(CN(C)C)Oc1nc(Nc2cc3cccc(N)c3cn2)cnc1C#N. The summed E-state index contributed by atoms with van der Waals surface area (Å²) in [5.41, 5.74) is 6.78. The summed E-state index contributed by atoms with van der Waals surface area (Å²) in [6.07, 6.45) is 3.05. The monoisotopic (exact) mass is 363 g/mol. The predicted octanol–water partition coefficient (Wildman–Crippen LogP) is 2.55. The number of ether oxygens (including phenoxy) is 1. The van der Waals surface area contributed by atoms with E-state index in [9.17, 15) is 5.26 Å². The van der Waals surface area contributed by atoms with Gasteiger partial charge in [-0.1, -0.05) is 12.1 Å². The van der Waals surface area contributed by atoms with Gasteiger partial charge in [-0.2, -0.15) is 10.2 Å². The highest BCUT2D eigenvalue weighted by Crippen LogP contribution is 2.24. The first-order valence-corrected chi connectivity index (χ1v) is 8.46. The highest BCUT2D eigenvalue weighted by Gasteiger charge is 2.14. The lowest BCUT2D eigenvalue weighted by Gasteiger charge is -2.18. The summed E-state index contributed by atoms with van der Waals surface area (Å²) >= 11 is 0. The number of hydrogen-bond donors (Lipinski definition) is 2. The van der Waals surface area contributed by atoms with Gasteiger partial charge in [0.15, 0.2) is 5.82 Å². The molecule has 0 spiro atoms. The van der Waals surface area contributed by atoms with Crippen LogP contribution in [0, 0.1) is 11.3 Å². The van der Waals surface area contributed by atoms with E-state index in [1.165, 1.54) is 6.20 Å². The van der Waals surface area contributed by atoms with Crippen molar-refractivity contribution in [2.75, 3.05) is 31.7 Å². The van der Waals surface area contributed by atoms with Crippen LogP contribution in [0.1, 0.15) is 12.6 Å². The lowest BCUT2D eigenvalue weighted by Crippen LogP contribution is -2.28. The molecule has 0 aliphatic carbocycles. The summed E-state index contributed by atoms with van der Waals surface area (Å²) in [4.78, 5) is 14.9. The molecule has 3 aromatic rings. The smallest absolute Gasteiger partial charge is 0.253 e. The van der Waals surface area contributed by atoms with Crippen molar-refractivity contribution in [1.82, 2.24) is 19.9 Å². The Labute approximate surface area is 157 Å². The number of aromatic nitrogens is 3. The van der Waals surface area contributed by atoms with Gasteiger partial charge < -0.3 is 20.7 Å². The molecule has 1 aromatic carbocycles. The zero-order valence-corrected chi connectivity index (χ0v) is 15.5. The Morgan fingerprint density at radius 2 is 2.07 bits per heavy atom. The Kier molecular flexibility index (Phi) is 5.33. The first-order chi connectivity index (χ1) is 13.0. The fourth-order valence-electron chi connectivity index (χ4n) is 2.73. The van der Waals surface area contributed by atoms with E-state index in [2.05, 4.69) is 20.3 Å². The van der Waals surface area contributed by atoms with Crippen molar-refractivity contribution in [1.29, 1.82) is 5.26 Å². The van der Waals surface area contributed by atoms with Crippen LogP contribution in [-0.2, 0) is 0 Å². The van der Waals surface area contributed by atoms with E-state index in [-0.39, 0.29) is 17.7 Å². The van der Waals surface area contributed by atoms with Crippen LogP contribution in [0.2, 0.25) is 0 Å². The number of fused-ring (bicyclic) bond motifs is 1. The number of anilines is 3. The Morgan fingerprint density at radius 3 is 2.81 bits per heavy atom. The van der Waals surface area contributed by atoms with E-state index in [0.717, 1.165) is 10.8 Å². The van der Waals surface area contributed by atoms with Crippen LogP contribution < -0.4 is 15.8 Å². The van der Waals surface area contributed by atoms with Crippen molar-refractivity contribution < 1.29 is 4.74 Å². The van der Waals surface area contributed by atoms with Gasteiger partial charge in [-0.15, -0.1) is 0 Å². The molecule has 1 unspecified atom stereocenters. The van der Waals surface area contributed by atoms with E-state index in [1.54, 1.807) is 6.20 Å². The molecule has 138 valence electrons. The molecule has 2 aromatic heterocycles. The Morgan fingerprint density at radius 1 is 1.26 bits per heavy atom. The summed E-state index contributed by atoms with van der Waals surface area (Å²) in [5.74, 6) is 1.23. The summed E-state index contributed by atoms with van der Waals surface area (Å²) in [6, 6.07) is 9.57. The van der Waals surface area contributed by atoms with Gasteiger partial charge in [0.25, 0.3) is 5.88 Å². The molecule has 0 saturated carbocycles. The van der Waals surface area contributed by atoms with E-state index in [1.807, 2.05) is 56.3 Å². The minimum atomic E-state index is -0.140. The molecule has 8 nitrogen and oxygen atoms in total. The third-order valence-electron chi connectivity index (χ3n) is 3.84. The van der Waals surface area contributed by atoms with Crippen molar-refractivity contribution in [2.45, 2.75) is 13.0 Å². The zero-order chi connectivity index (χ0) is 19.4. The van der Waals surface area contributed by atoms with Crippen LogP contribution >= 0.6 is 0 Å². The van der Waals surface area contributed by atoms with Gasteiger partial charge in [-0.05, 0) is 38.5 Å². The van der Waals surface area contributed by atoms with Crippen molar-refractivity contribution >= 4 is 28.1 Å². The molecule has 3 rings (SSSR count). The quantitative estimate of drug-likeness (QED) is 0.642. The topological polar surface area (TPSA) is 113 Å². The molecular formula is C19H21N7O. The highest BCUT2D eigenvalue weighted by molar-refractivity contribution is 5.93. The van der Waals surface area contributed by atoms with Crippen molar-refractivity contribution in [3.63, 3.8) is 0 Å². The highest BCUT2D eigenvalue weighted by atomic mass is 16.5. The van der Waals surface area contributed by atoms with Crippen LogP contribution in [0.4, 0.5) is 17.3 Å². The largest absolute Gasteiger partial charge is 0.471 e. The molecule has 0 amide bonds. The molecule has 1 atom stereocenters. The molecule has 27 heavy (non-hydrogen) atoms. The molecule has 0 fully saturated rings. The van der Waals surface area contributed by atoms with Gasteiger partial charge in [0.1, 0.15) is 18.0 Å². The van der Waals surface area contributed by atoms with Gasteiger partial charge in [0, 0.05) is 23.8 Å². The fraction of sp³-hybridized carbons (Fsp3) is 0.263. The van der Waals surface area contributed by atoms with Crippen molar-refractivity contribution in [3.8, 4) is 11.9 Å². The van der Waals surface area contributed by atoms with Gasteiger partial charge in [0.05, 0.1) is 6.20 Å². The Bertz CT molecular complexity index is 997. The zero-order valence-electron chi connectivity index (χ0n) is 15.5. The lowest BCUT2D eigenvalue weighted by molar-refractivity contribution is 0.169. The summed E-state index contributed by atoms with van der Waals surface area (Å²) < 4.78 is 5.80. The maximum absolute atomic E-state index is 9.25. The molecule has 0 radical (unpaired) electrons. The normalized spacial score (nSPS) is 12.0. The number of nitrogens with zero attached hydrogens (tertiary/aromatic N) is 5. The van der Waals surface area contributed by atoms with E-state index in [4.69, 9.17) is 10.5 Å². The number of nitriles is 1. The third-order valence-corrected chi connectivity index (χ3v) is 3.84. The number of nitrogens with one attached hydrogen (secondary N) is 1. The number of hydrogen-bond acceptors (Lipinski definition) is 8. The number of pyridine rings is 1.